The molecule has 5 nitrogen and oxygen atoms in total. The molecule has 0 fully saturated rings. The van der Waals surface area contributed by atoms with Crippen molar-refractivity contribution in [3.63, 3.8) is 0 Å². The van der Waals surface area contributed by atoms with E-state index in [1.54, 1.807) is 23.3 Å². The number of amides is 1. The summed E-state index contributed by atoms with van der Waals surface area (Å²) >= 11 is 5.95. The molecule has 0 spiro atoms. The minimum atomic E-state index is -0.274. The minimum absolute atomic E-state index is 0.257. The molecule has 94 valence electrons. The lowest BCUT2D eigenvalue weighted by atomic mass is 10.2. The van der Waals surface area contributed by atoms with Crippen LogP contribution < -0.4 is 5.32 Å². The van der Waals surface area contributed by atoms with E-state index in [4.69, 9.17) is 11.6 Å². The highest BCUT2D eigenvalue weighted by Gasteiger charge is 2.14. The van der Waals surface area contributed by atoms with E-state index in [0.29, 0.717) is 18.1 Å². The quantitative estimate of drug-likeness (QED) is 0.917. The number of halogens is 1. The van der Waals surface area contributed by atoms with Crippen LogP contribution in [0.4, 0.5) is 0 Å². The molecular weight excluding hydrogens is 252 g/mol. The number of hydrogen-bond acceptors (Lipinski definition) is 3. The Bertz CT molecular complexity index is 538. The fraction of sp³-hybridized carbons (Fsp3) is 0.250. The molecule has 0 saturated heterocycles. The fourth-order valence-corrected chi connectivity index (χ4v) is 1.72. The molecule has 0 saturated carbocycles. The van der Waals surface area contributed by atoms with Gasteiger partial charge in [-0.3, -0.25) is 14.5 Å². The van der Waals surface area contributed by atoms with Gasteiger partial charge in [0, 0.05) is 31.7 Å². The third-order valence-electron chi connectivity index (χ3n) is 2.46. The third kappa shape index (κ3) is 2.87. The van der Waals surface area contributed by atoms with Crippen LogP contribution >= 0.6 is 11.6 Å². The second-order valence-electron chi connectivity index (χ2n) is 3.72. The van der Waals surface area contributed by atoms with Gasteiger partial charge in [0.15, 0.2) is 5.69 Å². The molecule has 2 aromatic rings. The molecule has 0 aliphatic carbocycles. The summed E-state index contributed by atoms with van der Waals surface area (Å²) in [4.78, 5) is 15.8. The van der Waals surface area contributed by atoms with Crippen LogP contribution in [0.15, 0.2) is 30.7 Å². The molecule has 0 radical (unpaired) electrons. The van der Waals surface area contributed by atoms with Crippen molar-refractivity contribution in [2.24, 2.45) is 0 Å². The predicted octanol–water partition coefficient (Wildman–Crippen LogP) is 1.88. The topological polar surface area (TPSA) is 59.8 Å². The molecule has 18 heavy (non-hydrogen) atoms. The first kappa shape index (κ1) is 12.6. The second-order valence-corrected chi connectivity index (χ2v) is 4.13. The van der Waals surface area contributed by atoms with Gasteiger partial charge in [0.2, 0.25) is 0 Å². The number of nitrogens with zero attached hydrogens (tertiary/aromatic N) is 3. The molecule has 0 aliphatic heterocycles. The molecule has 0 aliphatic rings. The van der Waals surface area contributed by atoms with Crippen LogP contribution in [0.25, 0.3) is 0 Å². The van der Waals surface area contributed by atoms with E-state index in [1.807, 2.05) is 19.1 Å². The lowest BCUT2D eigenvalue weighted by Gasteiger charge is -2.03. The molecule has 0 aromatic carbocycles. The zero-order valence-corrected chi connectivity index (χ0v) is 10.7. The van der Waals surface area contributed by atoms with Crippen LogP contribution in [0.3, 0.4) is 0 Å². The van der Waals surface area contributed by atoms with E-state index in [1.165, 1.54) is 0 Å². The summed E-state index contributed by atoms with van der Waals surface area (Å²) in [5.74, 6) is -0.274. The molecule has 6 heteroatoms. The molecule has 0 atom stereocenters. The maximum absolute atomic E-state index is 11.9. The van der Waals surface area contributed by atoms with Gasteiger partial charge >= 0.3 is 0 Å². The summed E-state index contributed by atoms with van der Waals surface area (Å²) in [6.45, 7) is 3.04. The molecule has 2 rings (SSSR count). The lowest BCUT2D eigenvalue weighted by Crippen LogP contribution is -2.23. The molecule has 2 aromatic heterocycles. The van der Waals surface area contributed by atoms with Gasteiger partial charge in [-0.2, -0.15) is 5.10 Å². The Balaban J connectivity index is 2.01. The zero-order chi connectivity index (χ0) is 13.0. The first-order valence-electron chi connectivity index (χ1n) is 5.60. The lowest BCUT2D eigenvalue weighted by molar-refractivity contribution is 0.0945. The van der Waals surface area contributed by atoms with Gasteiger partial charge in [-0.15, -0.1) is 0 Å². The van der Waals surface area contributed by atoms with Gasteiger partial charge in [0.05, 0.1) is 5.02 Å². The summed E-state index contributed by atoms with van der Waals surface area (Å²) in [6, 6.07) is 3.68. The molecule has 1 N–H and O–H groups in total. The maximum Gasteiger partial charge on any atom is 0.273 e. The number of carbonyl (C=O) groups is 1. The van der Waals surface area contributed by atoms with Crippen molar-refractivity contribution in [3.05, 3.63) is 47.0 Å². The summed E-state index contributed by atoms with van der Waals surface area (Å²) in [6.07, 6.45) is 5.00. The number of pyridine rings is 1. The van der Waals surface area contributed by atoms with Crippen molar-refractivity contribution in [1.29, 1.82) is 0 Å². The standard InChI is InChI=1S/C12H13ClN4O/c1-2-17-8-10(13)11(16-17)12(18)15-7-9-3-5-14-6-4-9/h3-6,8H,2,7H2,1H3,(H,15,18). The SMILES string of the molecule is CCn1cc(Cl)c(C(=O)NCc2ccncc2)n1. The average Bonchev–Trinajstić information content (AvgIpc) is 2.78. The summed E-state index contributed by atoms with van der Waals surface area (Å²) in [5, 5.41) is 7.23. The Morgan fingerprint density at radius 1 is 1.44 bits per heavy atom. The number of rotatable bonds is 4. The monoisotopic (exact) mass is 264 g/mol. The van der Waals surface area contributed by atoms with Gasteiger partial charge in [0.1, 0.15) is 0 Å². The largest absolute Gasteiger partial charge is 0.347 e. The molecule has 1 amide bonds. The van der Waals surface area contributed by atoms with E-state index in [9.17, 15) is 4.79 Å². The molecule has 2 heterocycles. The number of carbonyl (C=O) groups excluding carboxylic acids is 1. The Labute approximate surface area is 110 Å². The van der Waals surface area contributed by atoms with Crippen LogP contribution in [-0.2, 0) is 13.1 Å². The van der Waals surface area contributed by atoms with E-state index in [0.717, 1.165) is 5.56 Å². The van der Waals surface area contributed by atoms with Gasteiger partial charge < -0.3 is 5.32 Å². The first-order valence-corrected chi connectivity index (χ1v) is 5.98. The number of nitrogens with one attached hydrogen (secondary N) is 1. The molecular formula is C12H13ClN4O. The van der Waals surface area contributed by atoms with Crippen molar-refractivity contribution >= 4 is 17.5 Å². The normalized spacial score (nSPS) is 10.3. The van der Waals surface area contributed by atoms with E-state index in [2.05, 4.69) is 15.4 Å². The highest BCUT2D eigenvalue weighted by molar-refractivity contribution is 6.33. The van der Waals surface area contributed by atoms with Crippen molar-refractivity contribution in [2.45, 2.75) is 20.0 Å². The predicted molar refractivity (Wildman–Crippen MR) is 68.3 cm³/mol. The summed E-state index contributed by atoms with van der Waals surface area (Å²) in [7, 11) is 0. The Morgan fingerprint density at radius 3 is 2.78 bits per heavy atom. The van der Waals surface area contributed by atoms with Gasteiger partial charge in [-0.05, 0) is 24.6 Å². The third-order valence-corrected chi connectivity index (χ3v) is 2.74. The van der Waals surface area contributed by atoms with Crippen LogP contribution in [0.1, 0.15) is 23.0 Å². The number of aryl methyl sites for hydroxylation is 1. The highest BCUT2D eigenvalue weighted by atomic mass is 35.5. The Morgan fingerprint density at radius 2 is 2.17 bits per heavy atom. The Hall–Kier alpha value is -1.88. The van der Waals surface area contributed by atoms with E-state index < -0.39 is 0 Å². The van der Waals surface area contributed by atoms with Crippen molar-refractivity contribution in [2.75, 3.05) is 0 Å². The Kier molecular flexibility index (Phi) is 3.94. The van der Waals surface area contributed by atoms with Crippen LogP contribution in [0, 0.1) is 0 Å². The smallest absolute Gasteiger partial charge is 0.273 e. The second kappa shape index (κ2) is 5.64. The number of hydrogen-bond donors (Lipinski definition) is 1. The van der Waals surface area contributed by atoms with Crippen molar-refractivity contribution < 1.29 is 4.79 Å². The highest BCUT2D eigenvalue weighted by Crippen LogP contribution is 2.13. The minimum Gasteiger partial charge on any atom is -0.347 e. The number of aromatic nitrogens is 3. The van der Waals surface area contributed by atoms with E-state index >= 15 is 0 Å². The summed E-state index contributed by atoms with van der Waals surface area (Å²) < 4.78 is 1.63. The van der Waals surface area contributed by atoms with Gasteiger partial charge in [-0.1, -0.05) is 11.6 Å². The zero-order valence-electron chi connectivity index (χ0n) is 9.93. The van der Waals surface area contributed by atoms with Crippen molar-refractivity contribution in [3.8, 4) is 0 Å². The first-order chi connectivity index (χ1) is 8.70. The van der Waals surface area contributed by atoms with Crippen LogP contribution in [0.5, 0.6) is 0 Å². The van der Waals surface area contributed by atoms with Crippen LogP contribution in [-0.4, -0.2) is 20.7 Å². The molecule has 0 bridgehead atoms. The van der Waals surface area contributed by atoms with Gasteiger partial charge in [0.25, 0.3) is 5.91 Å². The van der Waals surface area contributed by atoms with Crippen molar-refractivity contribution in [1.82, 2.24) is 20.1 Å². The maximum atomic E-state index is 11.9. The average molecular weight is 265 g/mol. The van der Waals surface area contributed by atoms with E-state index in [-0.39, 0.29) is 11.6 Å². The van der Waals surface area contributed by atoms with Gasteiger partial charge in [-0.25, -0.2) is 0 Å². The molecule has 0 unspecified atom stereocenters. The summed E-state index contributed by atoms with van der Waals surface area (Å²) in [5.41, 5.74) is 1.23. The fourth-order valence-electron chi connectivity index (χ4n) is 1.48. The van der Waals surface area contributed by atoms with Crippen LogP contribution in [0.2, 0.25) is 5.02 Å².